The van der Waals surface area contributed by atoms with E-state index in [-0.39, 0.29) is 35.5 Å². The third-order valence-electron chi connectivity index (χ3n) is 5.90. The van der Waals surface area contributed by atoms with Crippen molar-refractivity contribution in [2.75, 3.05) is 26.9 Å². The van der Waals surface area contributed by atoms with Gasteiger partial charge in [-0.05, 0) is 43.9 Å². The van der Waals surface area contributed by atoms with Crippen LogP contribution in [0.1, 0.15) is 38.7 Å². The van der Waals surface area contributed by atoms with Crippen molar-refractivity contribution < 1.29 is 28.6 Å². The first-order valence-corrected chi connectivity index (χ1v) is 11.5. The largest absolute Gasteiger partial charge is 0.468 e. The average molecular weight is 496 g/mol. The molecular formula is C24H27Cl2NO6. The van der Waals surface area contributed by atoms with Gasteiger partial charge in [-0.3, -0.25) is 9.59 Å². The van der Waals surface area contributed by atoms with Crippen molar-refractivity contribution in [3.8, 4) is 0 Å². The number of carbonyl (C=O) groups excluding carboxylic acids is 3. The molecule has 178 valence electrons. The van der Waals surface area contributed by atoms with Gasteiger partial charge in [-0.2, -0.15) is 0 Å². The minimum atomic E-state index is -0.963. The monoisotopic (exact) mass is 495 g/mol. The van der Waals surface area contributed by atoms with Crippen molar-refractivity contribution in [1.82, 2.24) is 5.32 Å². The molecule has 0 spiro atoms. The summed E-state index contributed by atoms with van der Waals surface area (Å²) in [6, 6.07) is 4.96. The van der Waals surface area contributed by atoms with E-state index in [1.165, 1.54) is 7.11 Å². The van der Waals surface area contributed by atoms with Gasteiger partial charge in [-0.1, -0.05) is 36.2 Å². The molecule has 1 aliphatic carbocycles. The van der Waals surface area contributed by atoms with Gasteiger partial charge in [0.2, 0.25) is 0 Å². The van der Waals surface area contributed by atoms with Crippen LogP contribution < -0.4 is 5.32 Å². The molecule has 0 amide bonds. The Balaban J connectivity index is 2.10. The Bertz CT molecular complexity index is 1030. The van der Waals surface area contributed by atoms with Gasteiger partial charge in [0.15, 0.2) is 5.78 Å². The van der Waals surface area contributed by atoms with E-state index in [9.17, 15) is 14.4 Å². The van der Waals surface area contributed by atoms with E-state index in [0.29, 0.717) is 40.6 Å². The number of nitrogens with one attached hydrogen (secondary N) is 1. The Morgan fingerprint density at radius 2 is 1.91 bits per heavy atom. The maximum absolute atomic E-state index is 13.6. The third kappa shape index (κ3) is 5.10. The molecule has 1 N–H and O–H groups in total. The second kappa shape index (κ2) is 10.7. The highest BCUT2D eigenvalue weighted by atomic mass is 35.5. The Morgan fingerprint density at radius 3 is 2.55 bits per heavy atom. The van der Waals surface area contributed by atoms with Crippen molar-refractivity contribution in [3.05, 3.63) is 56.3 Å². The molecule has 33 heavy (non-hydrogen) atoms. The molecule has 3 atom stereocenters. The predicted octanol–water partition coefficient (Wildman–Crippen LogP) is 4.19. The summed E-state index contributed by atoms with van der Waals surface area (Å²) in [7, 11) is 1.26. The van der Waals surface area contributed by atoms with Crippen molar-refractivity contribution in [3.63, 3.8) is 0 Å². The fourth-order valence-electron chi connectivity index (χ4n) is 4.39. The minimum absolute atomic E-state index is 0.0687. The van der Waals surface area contributed by atoms with Gasteiger partial charge in [-0.25, -0.2) is 4.79 Å². The van der Waals surface area contributed by atoms with Gasteiger partial charge in [-0.15, -0.1) is 0 Å². The lowest BCUT2D eigenvalue weighted by Gasteiger charge is -2.38. The molecule has 1 aromatic rings. The highest BCUT2D eigenvalue weighted by Crippen LogP contribution is 2.46. The summed E-state index contributed by atoms with van der Waals surface area (Å²) in [5.41, 5.74) is 2.45. The van der Waals surface area contributed by atoms with Crippen LogP contribution in [0.25, 0.3) is 0 Å². The summed E-state index contributed by atoms with van der Waals surface area (Å²) < 4.78 is 15.6. The van der Waals surface area contributed by atoms with E-state index in [4.69, 9.17) is 37.4 Å². The van der Waals surface area contributed by atoms with Gasteiger partial charge < -0.3 is 19.5 Å². The number of dihydropyridines is 1. The van der Waals surface area contributed by atoms with Gasteiger partial charge in [0.25, 0.3) is 0 Å². The van der Waals surface area contributed by atoms with Gasteiger partial charge in [0.1, 0.15) is 12.5 Å². The number of benzene rings is 1. The van der Waals surface area contributed by atoms with Crippen LogP contribution >= 0.6 is 23.2 Å². The van der Waals surface area contributed by atoms with E-state index in [1.807, 2.05) is 13.8 Å². The van der Waals surface area contributed by atoms with E-state index in [2.05, 4.69) is 5.32 Å². The number of Topliss-reactive ketones (excluding diaryl/α,β-unsaturated/α-hetero) is 1. The zero-order chi connectivity index (χ0) is 24.3. The first-order valence-electron chi connectivity index (χ1n) is 10.7. The molecule has 0 radical (unpaired) electrons. The molecule has 0 unspecified atom stereocenters. The van der Waals surface area contributed by atoms with Crippen molar-refractivity contribution >= 4 is 40.9 Å². The van der Waals surface area contributed by atoms with E-state index in [1.54, 1.807) is 25.1 Å². The van der Waals surface area contributed by atoms with Crippen LogP contribution in [0.3, 0.4) is 0 Å². The SMILES string of the molecule is CCOCCOC(=O)C1=C(C)NC2=C(C(=O)[C@H](C(=O)OC)[C@H](C)C2)[C@@H]1c1ccc(Cl)c(Cl)c1. The quantitative estimate of drug-likeness (QED) is 0.344. The van der Waals surface area contributed by atoms with E-state index >= 15 is 0 Å². The fourth-order valence-corrected chi connectivity index (χ4v) is 4.70. The normalized spacial score (nSPS) is 22.6. The summed E-state index contributed by atoms with van der Waals surface area (Å²) in [6.07, 6.45) is 0.447. The van der Waals surface area contributed by atoms with Crippen LogP contribution in [-0.4, -0.2) is 44.7 Å². The standard InChI is InChI=1S/C24H27Cl2NO6/c1-5-32-8-9-33-24(30)19-13(3)27-17-10-12(2)18(23(29)31-4)22(28)21(17)20(19)14-6-7-15(25)16(26)11-14/h6-7,11-12,18,20,27H,5,8-10H2,1-4H3/t12-,18-,20-/m1/s1. The van der Waals surface area contributed by atoms with Crippen LogP contribution in [0.15, 0.2) is 40.7 Å². The first kappa shape index (κ1) is 25.3. The van der Waals surface area contributed by atoms with Crippen LogP contribution in [0.2, 0.25) is 10.0 Å². The molecule has 3 rings (SSSR count). The molecular weight excluding hydrogens is 469 g/mol. The Labute approximate surface area is 203 Å². The lowest BCUT2D eigenvalue weighted by molar-refractivity contribution is -0.151. The molecule has 0 fully saturated rings. The Hall–Kier alpha value is -2.35. The Morgan fingerprint density at radius 1 is 1.18 bits per heavy atom. The van der Waals surface area contributed by atoms with Crippen molar-refractivity contribution in [2.24, 2.45) is 11.8 Å². The lowest BCUT2D eigenvalue weighted by atomic mass is 9.69. The second-order valence-electron chi connectivity index (χ2n) is 8.04. The highest BCUT2D eigenvalue weighted by molar-refractivity contribution is 6.42. The first-order chi connectivity index (χ1) is 15.7. The minimum Gasteiger partial charge on any atom is -0.468 e. The van der Waals surface area contributed by atoms with Crippen molar-refractivity contribution in [1.29, 1.82) is 0 Å². The number of carbonyl (C=O) groups is 3. The highest BCUT2D eigenvalue weighted by Gasteiger charge is 2.47. The zero-order valence-corrected chi connectivity index (χ0v) is 20.5. The topological polar surface area (TPSA) is 90.9 Å². The molecule has 9 heteroatoms. The fraction of sp³-hybridized carbons (Fsp3) is 0.458. The number of rotatable bonds is 7. The molecule has 1 aliphatic heterocycles. The molecule has 0 bridgehead atoms. The van der Waals surface area contributed by atoms with Crippen LogP contribution in [0.4, 0.5) is 0 Å². The molecule has 0 saturated heterocycles. The van der Waals surface area contributed by atoms with Crippen LogP contribution in [-0.2, 0) is 28.6 Å². The number of ketones is 1. The number of hydrogen-bond donors (Lipinski definition) is 1. The van der Waals surface area contributed by atoms with Gasteiger partial charge in [0.05, 0.1) is 29.3 Å². The molecule has 1 heterocycles. The number of esters is 2. The average Bonchev–Trinajstić information content (AvgIpc) is 2.77. The molecule has 0 saturated carbocycles. The summed E-state index contributed by atoms with van der Waals surface area (Å²) >= 11 is 12.4. The Kier molecular flexibility index (Phi) is 8.21. The zero-order valence-electron chi connectivity index (χ0n) is 19.0. The molecule has 7 nitrogen and oxygen atoms in total. The molecule has 0 aromatic heterocycles. The van der Waals surface area contributed by atoms with Gasteiger partial charge >= 0.3 is 11.9 Å². The van der Waals surface area contributed by atoms with Crippen molar-refractivity contribution in [2.45, 2.75) is 33.1 Å². The number of methoxy groups -OCH3 is 1. The summed E-state index contributed by atoms with van der Waals surface area (Å²) in [5.74, 6) is -3.57. The molecule has 1 aromatic carbocycles. The number of ether oxygens (including phenoxy) is 3. The summed E-state index contributed by atoms with van der Waals surface area (Å²) in [4.78, 5) is 39.2. The third-order valence-corrected chi connectivity index (χ3v) is 6.64. The molecule has 2 aliphatic rings. The van der Waals surface area contributed by atoms with E-state index < -0.39 is 23.8 Å². The summed E-state index contributed by atoms with van der Waals surface area (Å²) in [5, 5.41) is 3.85. The van der Waals surface area contributed by atoms with E-state index in [0.717, 1.165) is 0 Å². The van der Waals surface area contributed by atoms with Gasteiger partial charge in [0, 0.05) is 29.5 Å². The van der Waals surface area contributed by atoms with Crippen LogP contribution in [0.5, 0.6) is 0 Å². The second-order valence-corrected chi connectivity index (χ2v) is 8.86. The maximum atomic E-state index is 13.6. The number of allylic oxidation sites excluding steroid dienone is 3. The van der Waals surface area contributed by atoms with Crippen LogP contribution in [0, 0.1) is 11.8 Å². The maximum Gasteiger partial charge on any atom is 0.336 e. The predicted molar refractivity (Wildman–Crippen MR) is 124 cm³/mol. The number of hydrogen-bond acceptors (Lipinski definition) is 7. The summed E-state index contributed by atoms with van der Waals surface area (Å²) in [6.45, 7) is 6.27. The number of halogens is 2. The lowest BCUT2D eigenvalue weighted by Crippen LogP contribution is -2.43. The smallest absolute Gasteiger partial charge is 0.336 e.